The van der Waals surface area contributed by atoms with E-state index in [1.807, 2.05) is 0 Å². The smallest absolute Gasteiger partial charge is 0.106 e. The van der Waals surface area contributed by atoms with Crippen molar-refractivity contribution in [1.82, 2.24) is 5.32 Å². The standard InChI is InChI=1S/C14H24N2O/c1-14(11-15,12-6-3-2-4-7-12)16-10-13-8-5-9-17-13/h12-13,16H,2-10H2,1H3. The van der Waals surface area contributed by atoms with Crippen molar-refractivity contribution in [2.75, 3.05) is 13.2 Å². The Balaban J connectivity index is 1.86. The summed E-state index contributed by atoms with van der Waals surface area (Å²) in [6, 6.07) is 2.51. The molecule has 2 fully saturated rings. The molecule has 2 rings (SSSR count). The molecule has 2 unspecified atom stereocenters. The molecule has 2 aliphatic rings. The normalized spacial score (nSPS) is 29.8. The molecule has 2 atom stereocenters. The fourth-order valence-electron chi connectivity index (χ4n) is 3.09. The van der Waals surface area contributed by atoms with E-state index >= 15 is 0 Å². The molecule has 0 amide bonds. The Labute approximate surface area is 105 Å². The Morgan fingerprint density at radius 2 is 2.00 bits per heavy atom. The van der Waals surface area contributed by atoms with Gasteiger partial charge in [0.2, 0.25) is 0 Å². The van der Waals surface area contributed by atoms with Crippen LogP contribution in [0, 0.1) is 17.2 Å². The second kappa shape index (κ2) is 5.84. The first-order valence-electron chi connectivity index (χ1n) is 7.02. The molecule has 17 heavy (non-hydrogen) atoms. The maximum Gasteiger partial charge on any atom is 0.106 e. The summed E-state index contributed by atoms with van der Waals surface area (Å²) >= 11 is 0. The highest BCUT2D eigenvalue weighted by Gasteiger charge is 2.35. The summed E-state index contributed by atoms with van der Waals surface area (Å²) in [4.78, 5) is 0. The van der Waals surface area contributed by atoms with E-state index in [1.165, 1.54) is 38.5 Å². The molecule has 1 saturated heterocycles. The molecule has 0 bridgehead atoms. The highest BCUT2D eigenvalue weighted by atomic mass is 16.5. The number of nitrogens with one attached hydrogen (secondary N) is 1. The summed E-state index contributed by atoms with van der Waals surface area (Å²) in [7, 11) is 0. The van der Waals surface area contributed by atoms with Gasteiger partial charge in [-0.2, -0.15) is 5.26 Å². The van der Waals surface area contributed by atoms with Crippen molar-refractivity contribution >= 4 is 0 Å². The molecule has 0 radical (unpaired) electrons. The summed E-state index contributed by atoms with van der Waals surface area (Å²) in [5.41, 5.74) is -0.355. The van der Waals surface area contributed by atoms with Crippen LogP contribution in [0.15, 0.2) is 0 Å². The Kier molecular flexibility index (Phi) is 4.42. The molecule has 96 valence electrons. The Hall–Kier alpha value is -0.590. The zero-order valence-electron chi connectivity index (χ0n) is 10.9. The van der Waals surface area contributed by atoms with Crippen molar-refractivity contribution in [3.05, 3.63) is 0 Å². The summed E-state index contributed by atoms with van der Waals surface area (Å²) in [6.07, 6.45) is 8.92. The van der Waals surface area contributed by atoms with Crippen LogP contribution < -0.4 is 5.32 Å². The highest BCUT2D eigenvalue weighted by molar-refractivity contribution is 5.08. The van der Waals surface area contributed by atoms with Crippen molar-refractivity contribution in [2.24, 2.45) is 5.92 Å². The third kappa shape index (κ3) is 3.20. The summed E-state index contributed by atoms with van der Waals surface area (Å²) < 4.78 is 5.61. The quantitative estimate of drug-likeness (QED) is 0.816. The second-order valence-corrected chi connectivity index (χ2v) is 5.67. The van der Waals surface area contributed by atoms with Gasteiger partial charge in [0.1, 0.15) is 5.54 Å². The number of hydrogen-bond donors (Lipinski definition) is 1. The molecule has 0 aromatic carbocycles. The minimum Gasteiger partial charge on any atom is -0.377 e. The lowest BCUT2D eigenvalue weighted by molar-refractivity contribution is 0.0978. The number of hydrogen-bond acceptors (Lipinski definition) is 3. The number of ether oxygens (including phenoxy) is 1. The lowest BCUT2D eigenvalue weighted by Gasteiger charge is -2.36. The van der Waals surface area contributed by atoms with Gasteiger partial charge in [-0.05, 0) is 38.5 Å². The minimum atomic E-state index is -0.355. The van der Waals surface area contributed by atoms with E-state index in [4.69, 9.17) is 4.74 Å². The molecule has 0 spiro atoms. The van der Waals surface area contributed by atoms with Gasteiger partial charge in [0.05, 0.1) is 12.2 Å². The third-order valence-corrected chi connectivity index (χ3v) is 4.37. The molecule has 0 aromatic rings. The lowest BCUT2D eigenvalue weighted by Crippen LogP contribution is -2.50. The van der Waals surface area contributed by atoms with Gasteiger partial charge >= 0.3 is 0 Å². The first kappa shape index (κ1) is 12.9. The highest BCUT2D eigenvalue weighted by Crippen LogP contribution is 2.32. The molecule has 3 heteroatoms. The van der Waals surface area contributed by atoms with Gasteiger partial charge in [0.25, 0.3) is 0 Å². The molecule has 1 aliphatic heterocycles. The van der Waals surface area contributed by atoms with Crippen molar-refractivity contribution in [1.29, 1.82) is 5.26 Å². The Morgan fingerprint density at radius 3 is 2.59 bits per heavy atom. The zero-order chi connectivity index (χ0) is 12.1. The molecular formula is C14H24N2O. The van der Waals surface area contributed by atoms with Gasteiger partial charge in [-0.25, -0.2) is 0 Å². The fraction of sp³-hybridized carbons (Fsp3) is 0.929. The molecule has 1 N–H and O–H groups in total. The summed E-state index contributed by atoms with van der Waals surface area (Å²) in [5, 5.41) is 12.9. The average Bonchev–Trinajstić information content (AvgIpc) is 2.90. The fourth-order valence-corrected chi connectivity index (χ4v) is 3.09. The molecule has 3 nitrogen and oxygen atoms in total. The van der Waals surface area contributed by atoms with Crippen molar-refractivity contribution in [3.8, 4) is 6.07 Å². The van der Waals surface area contributed by atoms with E-state index in [9.17, 15) is 5.26 Å². The van der Waals surface area contributed by atoms with Crippen molar-refractivity contribution in [3.63, 3.8) is 0 Å². The molecule has 0 aromatic heterocycles. The van der Waals surface area contributed by atoms with Crippen LogP contribution in [0.5, 0.6) is 0 Å². The van der Waals surface area contributed by atoms with Gasteiger partial charge in [-0.15, -0.1) is 0 Å². The van der Waals surface area contributed by atoms with Crippen molar-refractivity contribution in [2.45, 2.75) is 63.5 Å². The molecule has 1 heterocycles. The van der Waals surface area contributed by atoms with Crippen LogP contribution in [0.3, 0.4) is 0 Å². The first-order valence-corrected chi connectivity index (χ1v) is 7.02. The van der Waals surface area contributed by atoms with Gasteiger partial charge in [-0.1, -0.05) is 19.3 Å². The SMILES string of the molecule is CC(C#N)(NCC1CCCO1)C1CCCCC1. The van der Waals surface area contributed by atoms with E-state index in [-0.39, 0.29) is 5.54 Å². The maximum absolute atomic E-state index is 9.46. The number of nitriles is 1. The predicted molar refractivity (Wildman–Crippen MR) is 67.6 cm³/mol. The molecule has 1 aliphatic carbocycles. The third-order valence-electron chi connectivity index (χ3n) is 4.37. The largest absolute Gasteiger partial charge is 0.377 e. The summed E-state index contributed by atoms with van der Waals surface area (Å²) in [6.45, 7) is 3.79. The zero-order valence-corrected chi connectivity index (χ0v) is 10.9. The monoisotopic (exact) mass is 236 g/mol. The van der Waals surface area contributed by atoms with E-state index in [0.717, 1.165) is 19.6 Å². The van der Waals surface area contributed by atoms with E-state index < -0.39 is 0 Å². The van der Waals surface area contributed by atoms with Gasteiger partial charge in [-0.3, -0.25) is 5.32 Å². The van der Waals surface area contributed by atoms with Crippen LogP contribution in [-0.4, -0.2) is 24.8 Å². The maximum atomic E-state index is 9.46. The van der Waals surface area contributed by atoms with E-state index in [1.54, 1.807) is 0 Å². The number of rotatable bonds is 4. The Bertz CT molecular complexity index is 274. The molecule has 1 saturated carbocycles. The van der Waals surface area contributed by atoms with Crippen LogP contribution in [0.25, 0.3) is 0 Å². The second-order valence-electron chi connectivity index (χ2n) is 5.67. The van der Waals surface area contributed by atoms with Crippen molar-refractivity contribution < 1.29 is 4.74 Å². The first-order chi connectivity index (χ1) is 8.24. The minimum absolute atomic E-state index is 0.325. The Morgan fingerprint density at radius 1 is 1.24 bits per heavy atom. The van der Waals surface area contributed by atoms with Gasteiger partial charge in [0, 0.05) is 13.2 Å². The van der Waals surface area contributed by atoms with Crippen LogP contribution in [-0.2, 0) is 4.74 Å². The van der Waals surface area contributed by atoms with Crippen LogP contribution >= 0.6 is 0 Å². The van der Waals surface area contributed by atoms with Gasteiger partial charge in [0.15, 0.2) is 0 Å². The molecular weight excluding hydrogens is 212 g/mol. The van der Waals surface area contributed by atoms with Gasteiger partial charge < -0.3 is 4.74 Å². The number of nitrogens with zero attached hydrogens (tertiary/aromatic N) is 1. The van der Waals surface area contributed by atoms with E-state index in [2.05, 4.69) is 18.3 Å². The average molecular weight is 236 g/mol. The van der Waals surface area contributed by atoms with Crippen LogP contribution in [0.1, 0.15) is 51.9 Å². The van der Waals surface area contributed by atoms with Crippen LogP contribution in [0.4, 0.5) is 0 Å². The predicted octanol–water partition coefficient (Wildman–Crippen LogP) is 2.62. The van der Waals surface area contributed by atoms with Crippen LogP contribution in [0.2, 0.25) is 0 Å². The summed E-state index contributed by atoms with van der Waals surface area (Å²) in [5.74, 6) is 0.516. The van der Waals surface area contributed by atoms with E-state index in [0.29, 0.717) is 12.0 Å². The lowest BCUT2D eigenvalue weighted by atomic mass is 9.76. The topological polar surface area (TPSA) is 45.0 Å².